The first-order valence-corrected chi connectivity index (χ1v) is 7.53. The van der Waals surface area contributed by atoms with Crippen LogP contribution in [0.1, 0.15) is 37.6 Å². The highest BCUT2D eigenvalue weighted by molar-refractivity contribution is 5.83. The Hall–Kier alpha value is -2.10. The third kappa shape index (κ3) is 4.18. The predicted octanol–water partition coefficient (Wildman–Crippen LogP) is 2.90. The van der Waals surface area contributed by atoms with Crippen LogP contribution in [-0.2, 0) is 11.2 Å². The summed E-state index contributed by atoms with van der Waals surface area (Å²) in [6.45, 7) is 4.85. The zero-order valence-corrected chi connectivity index (χ0v) is 12.7. The lowest BCUT2D eigenvalue weighted by Gasteiger charge is -2.22. The maximum Gasteiger partial charge on any atom is 0.227 e. The lowest BCUT2D eigenvalue weighted by Crippen LogP contribution is -2.34. The molecule has 0 saturated heterocycles. The van der Waals surface area contributed by atoms with Crippen LogP contribution >= 0.6 is 0 Å². The maximum absolute atomic E-state index is 12.5. The van der Waals surface area contributed by atoms with Crippen LogP contribution < -0.4 is 5.32 Å². The van der Waals surface area contributed by atoms with Gasteiger partial charge in [0.1, 0.15) is 5.82 Å². The lowest BCUT2D eigenvalue weighted by atomic mass is 9.85. The molecule has 0 spiro atoms. The molecule has 0 radical (unpaired) electrons. The van der Waals surface area contributed by atoms with E-state index in [-0.39, 0.29) is 11.8 Å². The number of imidazole rings is 1. The molecule has 4 nitrogen and oxygen atoms in total. The van der Waals surface area contributed by atoms with Gasteiger partial charge in [0, 0.05) is 25.4 Å². The Labute approximate surface area is 126 Å². The molecule has 112 valence electrons. The minimum atomic E-state index is -0.0900. The average molecular weight is 285 g/mol. The molecule has 2 atom stereocenters. The van der Waals surface area contributed by atoms with Crippen LogP contribution in [0.3, 0.4) is 0 Å². The van der Waals surface area contributed by atoms with E-state index in [1.807, 2.05) is 30.3 Å². The Morgan fingerprint density at radius 3 is 2.71 bits per heavy atom. The minimum Gasteiger partial charge on any atom is -0.355 e. The second-order valence-corrected chi connectivity index (χ2v) is 5.35. The summed E-state index contributed by atoms with van der Waals surface area (Å²) >= 11 is 0. The number of aromatic nitrogens is 2. The summed E-state index contributed by atoms with van der Waals surface area (Å²) in [4.78, 5) is 19.7. The van der Waals surface area contributed by atoms with Crippen LogP contribution in [0.4, 0.5) is 0 Å². The van der Waals surface area contributed by atoms with Crippen molar-refractivity contribution in [3.8, 4) is 0 Å². The molecule has 0 aliphatic heterocycles. The molecule has 1 amide bonds. The van der Waals surface area contributed by atoms with Crippen molar-refractivity contribution >= 4 is 5.91 Å². The van der Waals surface area contributed by atoms with Crippen molar-refractivity contribution in [3.05, 3.63) is 54.1 Å². The number of aromatic amines is 1. The highest BCUT2D eigenvalue weighted by Crippen LogP contribution is 2.27. The quantitative estimate of drug-likeness (QED) is 0.822. The van der Waals surface area contributed by atoms with Crippen molar-refractivity contribution in [3.63, 3.8) is 0 Å². The smallest absolute Gasteiger partial charge is 0.227 e. The highest BCUT2D eigenvalue weighted by atomic mass is 16.1. The topological polar surface area (TPSA) is 57.8 Å². The number of amides is 1. The van der Waals surface area contributed by atoms with Crippen molar-refractivity contribution in [2.45, 2.75) is 32.6 Å². The van der Waals surface area contributed by atoms with Gasteiger partial charge in [0.25, 0.3) is 0 Å². The summed E-state index contributed by atoms with van der Waals surface area (Å²) in [5, 5.41) is 3.04. The van der Waals surface area contributed by atoms with Crippen molar-refractivity contribution < 1.29 is 4.79 Å². The molecular weight excluding hydrogens is 262 g/mol. The Morgan fingerprint density at radius 2 is 2.10 bits per heavy atom. The number of rotatable bonds is 7. The van der Waals surface area contributed by atoms with Crippen LogP contribution in [0.15, 0.2) is 42.7 Å². The van der Waals surface area contributed by atoms with Gasteiger partial charge in [-0.05, 0) is 11.5 Å². The molecule has 0 fully saturated rings. The van der Waals surface area contributed by atoms with Gasteiger partial charge in [0.05, 0.1) is 5.92 Å². The number of nitrogens with one attached hydrogen (secondary N) is 2. The number of hydrogen-bond donors (Lipinski definition) is 2. The molecule has 2 unspecified atom stereocenters. The fourth-order valence-electron chi connectivity index (χ4n) is 2.48. The van der Waals surface area contributed by atoms with Gasteiger partial charge in [-0.3, -0.25) is 4.79 Å². The van der Waals surface area contributed by atoms with E-state index in [0.717, 1.165) is 24.2 Å². The summed E-state index contributed by atoms with van der Waals surface area (Å²) < 4.78 is 0. The summed E-state index contributed by atoms with van der Waals surface area (Å²) in [5.74, 6) is 1.22. The molecule has 1 aromatic carbocycles. The number of hydrogen-bond acceptors (Lipinski definition) is 2. The molecular formula is C17H23N3O. The number of carbonyl (C=O) groups excluding carboxylic acids is 1. The number of nitrogens with zero attached hydrogens (tertiary/aromatic N) is 1. The molecule has 0 aliphatic carbocycles. The maximum atomic E-state index is 12.5. The van der Waals surface area contributed by atoms with Crippen molar-refractivity contribution in [2.24, 2.45) is 5.92 Å². The van der Waals surface area contributed by atoms with Crippen LogP contribution in [0.2, 0.25) is 0 Å². The molecule has 1 aromatic heterocycles. The van der Waals surface area contributed by atoms with Crippen LogP contribution in [0.5, 0.6) is 0 Å². The summed E-state index contributed by atoms with van der Waals surface area (Å²) in [6, 6.07) is 10.0. The number of H-pyrrole nitrogens is 1. The van der Waals surface area contributed by atoms with Crippen LogP contribution in [0, 0.1) is 5.92 Å². The van der Waals surface area contributed by atoms with E-state index in [9.17, 15) is 4.79 Å². The SMILES string of the molecule is CCC(C)C(C(=O)NCCc1ncc[nH]1)c1ccccc1. The van der Waals surface area contributed by atoms with Crippen LogP contribution in [0.25, 0.3) is 0 Å². The van der Waals surface area contributed by atoms with Gasteiger partial charge in [-0.25, -0.2) is 4.98 Å². The summed E-state index contributed by atoms with van der Waals surface area (Å²) in [6.07, 6.45) is 5.22. The molecule has 2 rings (SSSR count). The zero-order chi connectivity index (χ0) is 15.1. The van der Waals surface area contributed by atoms with Gasteiger partial charge in [-0.15, -0.1) is 0 Å². The minimum absolute atomic E-state index is 0.0900. The van der Waals surface area contributed by atoms with E-state index < -0.39 is 0 Å². The fraction of sp³-hybridized carbons (Fsp3) is 0.412. The molecule has 21 heavy (non-hydrogen) atoms. The van der Waals surface area contributed by atoms with Gasteiger partial charge in [0.2, 0.25) is 5.91 Å². The summed E-state index contributed by atoms with van der Waals surface area (Å²) in [5.41, 5.74) is 1.09. The van der Waals surface area contributed by atoms with E-state index in [1.54, 1.807) is 12.4 Å². The lowest BCUT2D eigenvalue weighted by molar-refractivity contribution is -0.123. The van der Waals surface area contributed by atoms with Crippen molar-refractivity contribution in [1.82, 2.24) is 15.3 Å². The van der Waals surface area contributed by atoms with Crippen LogP contribution in [-0.4, -0.2) is 22.4 Å². The van der Waals surface area contributed by atoms with E-state index in [0.29, 0.717) is 12.5 Å². The Morgan fingerprint density at radius 1 is 1.33 bits per heavy atom. The zero-order valence-electron chi connectivity index (χ0n) is 12.7. The Bertz CT molecular complexity index is 536. The van der Waals surface area contributed by atoms with Crippen molar-refractivity contribution in [2.75, 3.05) is 6.54 Å². The third-order valence-electron chi connectivity index (χ3n) is 3.87. The molecule has 0 bridgehead atoms. The predicted molar refractivity (Wildman–Crippen MR) is 83.9 cm³/mol. The second kappa shape index (κ2) is 7.62. The standard InChI is InChI=1S/C17H23N3O/c1-3-13(2)16(14-7-5-4-6-8-14)17(21)20-10-9-15-18-11-12-19-15/h4-8,11-13,16H,3,9-10H2,1-2H3,(H,18,19)(H,20,21). The largest absolute Gasteiger partial charge is 0.355 e. The van der Waals surface area contributed by atoms with Gasteiger partial charge < -0.3 is 10.3 Å². The third-order valence-corrected chi connectivity index (χ3v) is 3.87. The van der Waals surface area contributed by atoms with Crippen molar-refractivity contribution in [1.29, 1.82) is 0 Å². The Kier molecular flexibility index (Phi) is 5.55. The monoisotopic (exact) mass is 285 g/mol. The average Bonchev–Trinajstić information content (AvgIpc) is 3.01. The molecule has 0 saturated carbocycles. The molecule has 0 aliphatic rings. The first-order valence-electron chi connectivity index (χ1n) is 7.53. The normalized spacial score (nSPS) is 13.6. The molecule has 4 heteroatoms. The molecule has 2 N–H and O–H groups in total. The number of benzene rings is 1. The van der Waals surface area contributed by atoms with Gasteiger partial charge in [0.15, 0.2) is 0 Å². The second-order valence-electron chi connectivity index (χ2n) is 5.35. The molecule has 1 heterocycles. The first-order chi connectivity index (χ1) is 10.2. The molecule has 2 aromatic rings. The number of carbonyl (C=O) groups is 1. The van der Waals surface area contributed by atoms with E-state index in [4.69, 9.17) is 0 Å². The fourth-order valence-corrected chi connectivity index (χ4v) is 2.48. The van der Waals surface area contributed by atoms with E-state index >= 15 is 0 Å². The first kappa shape index (κ1) is 15.3. The van der Waals surface area contributed by atoms with E-state index in [2.05, 4.69) is 29.1 Å². The highest BCUT2D eigenvalue weighted by Gasteiger charge is 2.25. The van der Waals surface area contributed by atoms with Gasteiger partial charge in [-0.1, -0.05) is 50.6 Å². The summed E-state index contributed by atoms with van der Waals surface area (Å²) in [7, 11) is 0. The van der Waals surface area contributed by atoms with Gasteiger partial charge in [-0.2, -0.15) is 0 Å². The van der Waals surface area contributed by atoms with Gasteiger partial charge >= 0.3 is 0 Å². The Balaban J connectivity index is 1.98. The van der Waals surface area contributed by atoms with E-state index in [1.165, 1.54) is 0 Å².